The van der Waals surface area contributed by atoms with E-state index in [1.165, 1.54) is 25.1 Å². The molecule has 2 N–H and O–H groups in total. The normalized spacial score (nSPS) is 14.5. The number of anilines is 1. The molecule has 3 aromatic carbocycles. The molecule has 12 heteroatoms. The topological polar surface area (TPSA) is 138 Å². The van der Waals surface area contributed by atoms with Crippen molar-refractivity contribution in [3.63, 3.8) is 0 Å². The summed E-state index contributed by atoms with van der Waals surface area (Å²) in [4.78, 5) is 61.0. The summed E-state index contributed by atoms with van der Waals surface area (Å²) in [7, 11) is 0. The largest absolute Gasteiger partial charge is 0.478 e. The number of aromatic nitrogens is 1. The number of pyridine rings is 1. The van der Waals surface area contributed by atoms with E-state index in [-0.39, 0.29) is 46.7 Å². The number of esters is 1. The fraction of sp³-hybridized carbons (Fsp3) is 0.342. The van der Waals surface area contributed by atoms with Crippen LogP contribution in [-0.2, 0) is 19.1 Å². The highest BCUT2D eigenvalue weighted by atomic mass is 19.1. The monoisotopic (exact) mass is 684 g/mol. The van der Waals surface area contributed by atoms with E-state index in [4.69, 9.17) is 9.47 Å². The lowest BCUT2D eigenvalue weighted by molar-refractivity contribution is -0.155. The molecule has 1 aromatic heterocycles. The third-order valence-corrected chi connectivity index (χ3v) is 8.23. The second-order valence-corrected chi connectivity index (χ2v) is 13.2. The van der Waals surface area contributed by atoms with Gasteiger partial charge in [0.15, 0.2) is 0 Å². The SMILES string of the molecule is Cc1cc2nc(C(=O)N[C@@H](CCC(=O)OC(C)(C)C)C(=O)N3CCN(c4ccccc4)CC3)cc(OC(C(=O)O)c3ccccc3)c2cc1F. The maximum atomic E-state index is 14.8. The number of ether oxygens (including phenoxy) is 2. The number of halogens is 1. The van der Waals surface area contributed by atoms with Gasteiger partial charge in [-0.15, -0.1) is 0 Å². The van der Waals surface area contributed by atoms with Crippen molar-refractivity contribution in [2.75, 3.05) is 31.1 Å². The lowest BCUT2D eigenvalue weighted by atomic mass is 10.1. The number of hydrogen-bond donors (Lipinski definition) is 2. The van der Waals surface area contributed by atoms with E-state index >= 15 is 0 Å². The number of benzene rings is 3. The molecule has 2 atom stereocenters. The first-order valence-electron chi connectivity index (χ1n) is 16.5. The second-order valence-electron chi connectivity index (χ2n) is 13.2. The summed E-state index contributed by atoms with van der Waals surface area (Å²) in [6.07, 6.45) is -1.64. The van der Waals surface area contributed by atoms with Crippen molar-refractivity contribution in [2.24, 2.45) is 0 Å². The van der Waals surface area contributed by atoms with Crippen LogP contribution in [0, 0.1) is 12.7 Å². The molecule has 1 saturated heterocycles. The highest BCUT2D eigenvalue weighted by Gasteiger charge is 2.31. The van der Waals surface area contributed by atoms with Gasteiger partial charge in [-0.25, -0.2) is 14.2 Å². The van der Waals surface area contributed by atoms with E-state index in [2.05, 4.69) is 15.2 Å². The Morgan fingerprint density at radius 2 is 1.58 bits per heavy atom. The molecule has 0 radical (unpaired) electrons. The summed E-state index contributed by atoms with van der Waals surface area (Å²) in [6.45, 7) is 8.73. The molecule has 4 aromatic rings. The third kappa shape index (κ3) is 8.93. The molecule has 1 fully saturated rings. The van der Waals surface area contributed by atoms with Gasteiger partial charge in [-0.2, -0.15) is 0 Å². The van der Waals surface area contributed by atoms with Crippen molar-refractivity contribution in [1.29, 1.82) is 0 Å². The van der Waals surface area contributed by atoms with Crippen molar-refractivity contribution in [1.82, 2.24) is 15.2 Å². The molecule has 2 amide bonds. The number of aryl methyl sites for hydroxylation is 1. The molecule has 0 bridgehead atoms. The molecule has 1 aliphatic rings. The smallest absolute Gasteiger partial charge is 0.349 e. The van der Waals surface area contributed by atoms with Crippen molar-refractivity contribution in [3.8, 4) is 5.75 Å². The summed E-state index contributed by atoms with van der Waals surface area (Å²) in [6, 6.07) is 20.8. The number of nitrogens with one attached hydrogen (secondary N) is 1. The van der Waals surface area contributed by atoms with E-state index < -0.39 is 41.4 Å². The summed E-state index contributed by atoms with van der Waals surface area (Å²) >= 11 is 0. The number of carboxylic acid groups (broad SMARTS) is 1. The van der Waals surface area contributed by atoms with Crippen LogP contribution >= 0.6 is 0 Å². The van der Waals surface area contributed by atoms with Gasteiger partial charge in [0.2, 0.25) is 12.0 Å². The highest BCUT2D eigenvalue weighted by molar-refractivity contribution is 5.99. The predicted molar refractivity (Wildman–Crippen MR) is 185 cm³/mol. The number of fused-ring (bicyclic) bond motifs is 1. The van der Waals surface area contributed by atoms with Crippen LogP contribution in [0.1, 0.15) is 61.3 Å². The zero-order valence-corrected chi connectivity index (χ0v) is 28.5. The van der Waals surface area contributed by atoms with Crippen LogP contribution in [0.2, 0.25) is 0 Å². The zero-order chi connectivity index (χ0) is 36.0. The average Bonchev–Trinajstić information content (AvgIpc) is 3.09. The predicted octanol–water partition coefficient (Wildman–Crippen LogP) is 5.46. The summed E-state index contributed by atoms with van der Waals surface area (Å²) in [5.41, 5.74) is 0.916. The molecule has 262 valence electrons. The van der Waals surface area contributed by atoms with Gasteiger partial charge in [0.25, 0.3) is 5.91 Å². The van der Waals surface area contributed by atoms with Crippen LogP contribution in [0.4, 0.5) is 10.1 Å². The Morgan fingerprint density at radius 3 is 2.20 bits per heavy atom. The number of carboxylic acids is 1. The van der Waals surface area contributed by atoms with Crippen molar-refractivity contribution >= 4 is 40.3 Å². The minimum absolute atomic E-state index is 0.0330. The summed E-state index contributed by atoms with van der Waals surface area (Å²) in [5.74, 6) is -3.57. The van der Waals surface area contributed by atoms with Crippen LogP contribution in [0.3, 0.4) is 0 Å². The highest BCUT2D eigenvalue weighted by Crippen LogP contribution is 2.32. The summed E-state index contributed by atoms with van der Waals surface area (Å²) < 4.78 is 26.2. The Bertz CT molecular complexity index is 1860. The van der Waals surface area contributed by atoms with Gasteiger partial charge in [-0.1, -0.05) is 48.5 Å². The fourth-order valence-corrected chi connectivity index (χ4v) is 5.74. The quantitative estimate of drug-likeness (QED) is 0.197. The minimum atomic E-state index is -1.47. The minimum Gasteiger partial charge on any atom is -0.478 e. The van der Waals surface area contributed by atoms with Crippen molar-refractivity contribution in [3.05, 3.63) is 102 Å². The Labute approximate surface area is 290 Å². The standard InChI is InChI=1S/C38H41FN4O7/c1-24-21-30-27(22-28(24)39)32(49-34(37(47)48)25-11-7-5-8-12-25)23-31(40-30)35(45)41-29(15-16-33(44)50-38(2,3)4)36(46)43-19-17-42(18-20-43)26-13-9-6-10-14-26/h5-14,21-23,29,34H,15-20H2,1-4H3,(H,41,45)(H,47,48)/t29-,34?/m0/s1. The molecular formula is C38H41FN4O7. The summed E-state index contributed by atoms with van der Waals surface area (Å²) in [5, 5.41) is 12.9. The molecule has 1 aliphatic heterocycles. The molecule has 50 heavy (non-hydrogen) atoms. The van der Waals surface area contributed by atoms with E-state index in [1.807, 2.05) is 30.3 Å². The molecule has 0 aliphatic carbocycles. The zero-order valence-electron chi connectivity index (χ0n) is 28.5. The van der Waals surface area contributed by atoms with Crippen LogP contribution < -0.4 is 15.0 Å². The Hall–Kier alpha value is -5.52. The first-order valence-corrected chi connectivity index (χ1v) is 16.5. The second kappa shape index (κ2) is 15.4. The number of para-hydroxylation sites is 1. The molecule has 2 heterocycles. The number of carbonyl (C=O) groups is 4. The van der Waals surface area contributed by atoms with Gasteiger partial charge >= 0.3 is 11.9 Å². The van der Waals surface area contributed by atoms with Gasteiger partial charge < -0.3 is 29.7 Å². The molecule has 1 unspecified atom stereocenters. The van der Waals surface area contributed by atoms with Gasteiger partial charge in [0.05, 0.1) is 5.52 Å². The van der Waals surface area contributed by atoms with Gasteiger partial charge in [-0.3, -0.25) is 14.4 Å². The number of aliphatic carboxylic acids is 1. The fourth-order valence-electron chi connectivity index (χ4n) is 5.74. The molecule has 11 nitrogen and oxygen atoms in total. The van der Waals surface area contributed by atoms with E-state index in [1.54, 1.807) is 56.0 Å². The number of hydrogen-bond acceptors (Lipinski definition) is 8. The van der Waals surface area contributed by atoms with Crippen LogP contribution in [-0.4, -0.2) is 76.6 Å². The van der Waals surface area contributed by atoms with E-state index in [9.17, 15) is 28.7 Å². The average molecular weight is 685 g/mol. The van der Waals surface area contributed by atoms with Gasteiger partial charge in [0, 0.05) is 55.3 Å². The van der Waals surface area contributed by atoms with Crippen LogP contribution in [0.25, 0.3) is 10.9 Å². The Morgan fingerprint density at radius 1 is 0.940 bits per heavy atom. The Kier molecular flexibility index (Phi) is 11.0. The first-order chi connectivity index (χ1) is 23.8. The first kappa shape index (κ1) is 35.8. The maximum absolute atomic E-state index is 14.8. The lowest BCUT2D eigenvalue weighted by Crippen LogP contribution is -2.55. The lowest BCUT2D eigenvalue weighted by Gasteiger charge is -2.37. The van der Waals surface area contributed by atoms with Crippen LogP contribution in [0.5, 0.6) is 5.75 Å². The number of nitrogens with zero attached hydrogens (tertiary/aromatic N) is 3. The van der Waals surface area contributed by atoms with Crippen molar-refractivity contribution < 1.29 is 38.1 Å². The van der Waals surface area contributed by atoms with Gasteiger partial charge in [0.1, 0.15) is 28.9 Å². The van der Waals surface area contributed by atoms with E-state index in [0.29, 0.717) is 31.7 Å². The number of piperazine rings is 1. The number of rotatable bonds is 11. The Balaban J connectivity index is 1.42. The molecule has 0 saturated carbocycles. The molecular weight excluding hydrogens is 643 g/mol. The molecule has 0 spiro atoms. The van der Waals surface area contributed by atoms with Crippen molar-refractivity contribution in [2.45, 2.75) is 58.3 Å². The number of amides is 2. The van der Waals surface area contributed by atoms with Crippen LogP contribution in [0.15, 0.2) is 78.9 Å². The maximum Gasteiger partial charge on any atom is 0.349 e. The van der Waals surface area contributed by atoms with E-state index in [0.717, 1.165) is 5.69 Å². The molecule has 5 rings (SSSR count). The number of carbonyl (C=O) groups excluding carboxylic acids is 3. The third-order valence-electron chi connectivity index (χ3n) is 8.23. The van der Waals surface area contributed by atoms with Gasteiger partial charge in [-0.05, 0) is 63.9 Å².